The van der Waals surface area contributed by atoms with Gasteiger partial charge in [-0.25, -0.2) is 9.48 Å². The van der Waals surface area contributed by atoms with Gasteiger partial charge < -0.3 is 10.2 Å². The minimum absolute atomic E-state index is 0.0647. The number of carbonyl (C=O) groups excluding carboxylic acids is 1. The van der Waals surface area contributed by atoms with Crippen LogP contribution in [0.15, 0.2) is 24.3 Å². The van der Waals surface area contributed by atoms with Gasteiger partial charge in [0.1, 0.15) is 0 Å². The fourth-order valence-electron chi connectivity index (χ4n) is 3.06. The number of anilines is 1. The van der Waals surface area contributed by atoms with Crippen LogP contribution in [0, 0.1) is 0 Å². The largest absolute Gasteiger partial charge is 0.325 e. The van der Waals surface area contributed by atoms with E-state index in [0.717, 1.165) is 24.1 Å². The standard InChI is InChI=1S/C16H22N6O/c1-21(14-9-4-3-5-10-14)16(23)17-13-8-6-7-12(11-13)15-18-19-20-22(15)2/h6-8,11,14H,3-5,9-10H2,1-2H3,(H,17,23). The first kappa shape index (κ1) is 15.5. The van der Waals surface area contributed by atoms with Crippen molar-refractivity contribution >= 4 is 11.7 Å². The number of aromatic nitrogens is 4. The maximum absolute atomic E-state index is 12.4. The number of tetrazole rings is 1. The van der Waals surface area contributed by atoms with Crippen molar-refractivity contribution in [1.29, 1.82) is 0 Å². The van der Waals surface area contributed by atoms with Crippen molar-refractivity contribution in [2.24, 2.45) is 7.05 Å². The minimum atomic E-state index is -0.0647. The monoisotopic (exact) mass is 314 g/mol. The lowest BCUT2D eigenvalue weighted by Crippen LogP contribution is -2.40. The van der Waals surface area contributed by atoms with E-state index in [4.69, 9.17) is 0 Å². The first-order valence-electron chi connectivity index (χ1n) is 8.02. The lowest BCUT2D eigenvalue weighted by atomic mass is 9.95. The van der Waals surface area contributed by atoms with Crippen molar-refractivity contribution in [2.75, 3.05) is 12.4 Å². The Labute approximate surface area is 135 Å². The average Bonchev–Trinajstić information content (AvgIpc) is 3.01. The van der Waals surface area contributed by atoms with E-state index in [9.17, 15) is 4.79 Å². The number of nitrogens with zero attached hydrogens (tertiary/aromatic N) is 5. The van der Waals surface area contributed by atoms with E-state index in [1.54, 1.807) is 11.7 Å². The molecule has 0 saturated heterocycles. The van der Waals surface area contributed by atoms with Crippen molar-refractivity contribution in [3.05, 3.63) is 24.3 Å². The molecule has 1 fully saturated rings. The van der Waals surface area contributed by atoms with E-state index in [2.05, 4.69) is 20.8 Å². The van der Waals surface area contributed by atoms with E-state index in [-0.39, 0.29) is 6.03 Å². The topological polar surface area (TPSA) is 75.9 Å². The second kappa shape index (κ2) is 6.76. The van der Waals surface area contributed by atoms with Gasteiger partial charge in [0.05, 0.1) is 0 Å². The SMILES string of the molecule is CN(C(=O)Nc1cccc(-c2nnnn2C)c1)C1CCCCC1. The Morgan fingerprint density at radius 2 is 2.09 bits per heavy atom. The molecule has 2 amide bonds. The van der Waals surface area contributed by atoms with Gasteiger partial charge in [0, 0.05) is 31.4 Å². The Balaban J connectivity index is 1.70. The van der Waals surface area contributed by atoms with E-state index in [1.165, 1.54) is 19.3 Å². The Hall–Kier alpha value is -2.44. The first-order valence-corrected chi connectivity index (χ1v) is 8.02. The average molecular weight is 314 g/mol. The van der Waals surface area contributed by atoms with E-state index >= 15 is 0 Å². The summed E-state index contributed by atoms with van der Waals surface area (Å²) in [7, 11) is 3.67. The number of hydrogen-bond donors (Lipinski definition) is 1. The van der Waals surface area contributed by atoms with E-state index in [0.29, 0.717) is 11.9 Å². The molecule has 1 heterocycles. The highest BCUT2D eigenvalue weighted by Crippen LogP contribution is 2.23. The van der Waals surface area contributed by atoms with Crippen LogP contribution in [-0.4, -0.2) is 44.2 Å². The molecule has 0 atom stereocenters. The maximum atomic E-state index is 12.4. The molecule has 7 heteroatoms. The van der Waals surface area contributed by atoms with Crippen molar-refractivity contribution in [1.82, 2.24) is 25.1 Å². The number of carbonyl (C=O) groups is 1. The fourth-order valence-corrected chi connectivity index (χ4v) is 3.06. The molecule has 1 aromatic heterocycles. The van der Waals surface area contributed by atoms with Crippen LogP contribution in [0.25, 0.3) is 11.4 Å². The van der Waals surface area contributed by atoms with Gasteiger partial charge in [-0.05, 0) is 35.4 Å². The van der Waals surface area contributed by atoms with Crippen LogP contribution in [0.2, 0.25) is 0 Å². The molecule has 122 valence electrons. The Morgan fingerprint density at radius 1 is 1.30 bits per heavy atom. The molecular weight excluding hydrogens is 292 g/mol. The van der Waals surface area contributed by atoms with Gasteiger partial charge in [0.25, 0.3) is 0 Å². The number of hydrogen-bond acceptors (Lipinski definition) is 4. The Morgan fingerprint density at radius 3 is 2.78 bits per heavy atom. The predicted molar refractivity (Wildman–Crippen MR) is 87.9 cm³/mol. The second-order valence-corrected chi connectivity index (χ2v) is 6.04. The van der Waals surface area contributed by atoms with Crippen LogP contribution in [0.4, 0.5) is 10.5 Å². The third kappa shape index (κ3) is 3.49. The minimum Gasteiger partial charge on any atom is -0.325 e. The number of urea groups is 1. The zero-order chi connectivity index (χ0) is 16.2. The zero-order valence-electron chi connectivity index (χ0n) is 13.6. The molecule has 0 bridgehead atoms. The predicted octanol–water partition coefficient (Wildman–Crippen LogP) is 2.67. The molecule has 0 aliphatic heterocycles. The Kier molecular flexibility index (Phi) is 4.55. The van der Waals surface area contributed by atoms with Gasteiger partial charge in [-0.1, -0.05) is 31.4 Å². The summed E-state index contributed by atoms with van der Waals surface area (Å²) in [4.78, 5) is 14.3. The zero-order valence-corrected chi connectivity index (χ0v) is 13.6. The summed E-state index contributed by atoms with van der Waals surface area (Å²) >= 11 is 0. The molecule has 1 N–H and O–H groups in total. The van der Waals surface area contributed by atoms with Crippen molar-refractivity contribution in [3.8, 4) is 11.4 Å². The summed E-state index contributed by atoms with van der Waals surface area (Å²) < 4.78 is 1.61. The molecule has 1 saturated carbocycles. The highest BCUT2D eigenvalue weighted by molar-refractivity contribution is 5.90. The lowest BCUT2D eigenvalue weighted by molar-refractivity contribution is 0.186. The van der Waals surface area contributed by atoms with Crippen molar-refractivity contribution < 1.29 is 4.79 Å². The third-order valence-corrected chi connectivity index (χ3v) is 4.43. The van der Waals surface area contributed by atoms with Crippen molar-refractivity contribution in [2.45, 2.75) is 38.1 Å². The highest BCUT2D eigenvalue weighted by Gasteiger charge is 2.22. The van der Waals surface area contributed by atoms with Crippen molar-refractivity contribution in [3.63, 3.8) is 0 Å². The molecule has 1 aromatic carbocycles. The highest BCUT2D eigenvalue weighted by atomic mass is 16.2. The molecule has 7 nitrogen and oxygen atoms in total. The van der Waals surface area contributed by atoms with Crippen LogP contribution in [-0.2, 0) is 7.05 Å². The summed E-state index contributed by atoms with van der Waals surface area (Å²) in [5.74, 6) is 0.668. The summed E-state index contributed by atoms with van der Waals surface area (Å²) in [5, 5.41) is 14.4. The van der Waals surface area contributed by atoms with Gasteiger partial charge in [0.15, 0.2) is 5.82 Å². The molecule has 1 aliphatic rings. The molecule has 2 aromatic rings. The molecule has 0 unspecified atom stereocenters. The van der Waals surface area contributed by atoms with Gasteiger partial charge >= 0.3 is 6.03 Å². The second-order valence-electron chi connectivity index (χ2n) is 6.04. The van der Waals surface area contributed by atoms with E-state index in [1.807, 2.05) is 36.2 Å². The molecule has 0 radical (unpaired) electrons. The molecule has 23 heavy (non-hydrogen) atoms. The lowest BCUT2D eigenvalue weighted by Gasteiger charge is -2.31. The number of benzene rings is 1. The maximum Gasteiger partial charge on any atom is 0.321 e. The van der Waals surface area contributed by atoms with Crippen LogP contribution < -0.4 is 5.32 Å². The first-order chi connectivity index (χ1) is 11.1. The van der Waals surface area contributed by atoms with Crippen LogP contribution in [0.1, 0.15) is 32.1 Å². The molecule has 3 rings (SSSR count). The van der Waals surface area contributed by atoms with Gasteiger partial charge in [-0.15, -0.1) is 5.10 Å². The van der Waals surface area contributed by atoms with Gasteiger partial charge in [-0.3, -0.25) is 0 Å². The summed E-state index contributed by atoms with van der Waals surface area (Å²) in [6.45, 7) is 0. The smallest absolute Gasteiger partial charge is 0.321 e. The number of aryl methyl sites for hydroxylation is 1. The summed E-state index contributed by atoms with van der Waals surface area (Å²) in [6, 6.07) is 7.85. The number of amides is 2. The summed E-state index contributed by atoms with van der Waals surface area (Å²) in [6.07, 6.45) is 5.87. The van der Waals surface area contributed by atoms with E-state index < -0.39 is 0 Å². The Bertz CT molecular complexity index is 677. The normalized spacial score (nSPS) is 15.4. The van der Waals surface area contributed by atoms with Crippen LogP contribution in [0.3, 0.4) is 0 Å². The molecular formula is C16H22N6O. The molecule has 1 aliphatic carbocycles. The fraction of sp³-hybridized carbons (Fsp3) is 0.500. The van der Waals surface area contributed by atoms with Crippen LogP contribution in [0.5, 0.6) is 0 Å². The summed E-state index contributed by atoms with van der Waals surface area (Å²) in [5.41, 5.74) is 1.62. The van der Waals surface area contributed by atoms with Gasteiger partial charge in [0.2, 0.25) is 0 Å². The third-order valence-electron chi connectivity index (χ3n) is 4.43. The molecule has 0 spiro atoms. The number of nitrogens with one attached hydrogen (secondary N) is 1. The quantitative estimate of drug-likeness (QED) is 0.945. The van der Waals surface area contributed by atoms with Crippen LogP contribution >= 0.6 is 0 Å². The van der Waals surface area contributed by atoms with Gasteiger partial charge in [-0.2, -0.15) is 0 Å². The number of rotatable bonds is 3.